The number of benzene rings is 1. The van der Waals surface area contributed by atoms with Crippen molar-refractivity contribution in [1.29, 1.82) is 0 Å². The van der Waals surface area contributed by atoms with Gasteiger partial charge in [0.1, 0.15) is 0 Å². The molecule has 0 bridgehead atoms. The van der Waals surface area contributed by atoms with Gasteiger partial charge in [-0.15, -0.1) is 0 Å². The molecule has 1 heterocycles. The van der Waals surface area contributed by atoms with Gasteiger partial charge in [-0.1, -0.05) is 29.3 Å². The molecule has 0 radical (unpaired) electrons. The zero-order valence-electron chi connectivity index (χ0n) is 10.6. The van der Waals surface area contributed by atoms with Crippen LogP contribution < -0.4 is 10.6 Å². The third-order valence-electron chi connectivity index (χ3n) is 2.54. The van der Waals surface area contributed by atoms with Crippen LogP contribution in [0.4, 0.5) is 5.69 Å². The van der Waals surface area contributed by atoms with Crippen LogP contribution in [-0.2, 0) is 11.3 Å². The molecule has 4 nitrogen and oxygen atoms in total. The standard InChI is InChI=1S/C14H13Cl2N3O/c15-11-3-4-12(16)13(6-11)19-14(20)9-18-8-10-2-1-5-17-7-10/h1-7,18H,8-9H2,(H,19,20). The molecule has 2 aromatic rings. The van der Waals surface area contributed by atoms with E-state index in [2.05, 4.69) is 15.6 Å². The van der Waals surface area contributed by atoms with Crippen molar-refractivity contribution >= 4 is 34.8 Å². The Bertz CT molecular complexity index is 590. The third kappa shape index (κ3) is 4.49. The lowest BCUT2D eigenvalue weighted by Gasteiger charge is -2.08. The van der Waals surface area contributed by atoms with Crippen molar-refractivity contribution in [3.63, 3.8) is 0 Å². The van der Waals surface area contributed by atoms with Crippen LogP contribution >= 0.6 is 23.2 Å². The maximum atomic E-state index is 11.8. The van der Waals surface area contributed by atoms with E-state index >= 15 is 0 Å². The molecule has 0 spiro atoms. The smallest absolute Gasteiger partial charge is 0.238 e. The minimum atomic E-state index is -0.182. The van der Waals surface area contributed by atoms with Gasteiger partial charge in [0.25, 0.3) is 0 Å². The minimum Gasteiger partial charge on any atom is -0.324 e. The molecule has 0 saturated carbocycles. The summed E-state index contributed by atoms with van der Waals surface area (Å²) < 4.78 is 0. The quantitative estimate of drug-likeness (QED) is 0.892. The van der Waals surface area contributed by atoms with Crippen molar-refractivity contribution < 1.29 is 4.79 Å². The summed E-state index contributed by atoms with van der Waals surface area (Å²) >= 11 is 11.8. The van der Waals surface area contributed by atoms with Gasteiger partial charge in [0.2, 0.25) is 5.91 Å². The lowest BCUT2D eigenvalue weighted by Crippen LogP contribution is -2.27. The predicted octanol–water partition coefficient (Wildman–Crippen LogP) is 3.12. The van der Waals surface area contributed by atoms with Crippen LogP contribution in [0.25, 0.3) is 0 Å². The number of hydrogen-bond donors (Lipinski definition) is 2. The summed E-state index contributed by atoms with van der Waals surface area (Å²) in [4.78, 5) is 15.8. The molecule has 0 unspecified atom stereocenters. The highest BCUT2D eigenvalue weighted by atomic mass is 35.5. The summed E-state index contributed by atoms with van der Waals surface area (Å²) in [6.45, 7) is 0.752. The summed E-state index contributed by atoms with van der Waals surface area (Å²) in [7, 11) is 0. The minimum absolute atomic E-state index is 0.178. The number of nitrogens with zero attached hydrogens (tertiary/aromatic N) is 1. The van der Waals surface area contributed by atoms with Crippen LogP contribution in [0.5, 0.6) is 0 Å². The van der Waals surface area contributed by atoms with Crippen molar-refractivity contribution in [2.45, 2.75) is 6.54 Å². The molecule has 0 aliphatic carbocycles. The molecule has 1 amide bonds. The summed E-state index contributed by atoms with van der Waals surface area (Å²) in [5, 5.41) is 6.71. The third-order valence-corrected chi connectivity index (χ3v) is 3.10. The van der Waals surface area contributed by atoms with Crippen LogP contribution in [0.1, 0.15) is 5.56 Å². The zero-order chi connectivity index (χ0) is 14.4. The van der Waals surface area contributed by atoms with Gasteiger partial charge in [-0.3, -0.25) is 9.78 Å². The number of halogens is 2. The van der Waals surface area contributed by atoms with Crippen molar-refractivity contribution in [2.75, 3.05) is 11.9 Å². The van der Waals surface area contributed by atoms with Gasteiger partial charge in [-0.2, -0.15) is 0 Å². The van der Waals surface area contributed by atoms with Gasteiger partial charge >= 0.3 is 0 Å². The zero-order valence-corrected chi connectivity index (χ0v) is 12.1. The number of pyridine rings is 1. The molecule has 20 heavy (non-hydrogen) atoms. The second-order valence-corrected chi connectivity index (χ2v) is 4.98. The molecular formula is C14H13Cl2N3O. The molecule has 104 valence electrons. The number of anilines is 1. The van der Waals surface area contributed by atoms with E-state index in [1.807, 2.05) is 12.1 Å². The Labute approximate surface area is 127 Å². The first-order valence-electron chi connectivity index (χ1n) is 5.99. The van der Waals surface area contributed by atoms with Gasteiger partial charge in [0, 0.05) is 24.0 Å². The van der Waals surface area contributed by atoms with E-state index in [1.165, 1.54) is 0 Å². The van der Waals surface area contributed by atoms with E-state index in [4.69, 9.17) is 23.2 Å². The van der Waals surface area contributed by atoms with E-state index in [1.54, 1.807) is 30.6 Å². The van der Waals surface area contributed by atoms with E-state index in [9.17, 15) is 4.79 Å². The number of carbonyl (C=O) groups excluding carboxylic acids is 1. The fourth-order valence-corrected chi connectivity index (χ4v) is 1.95. The molecular weight excluding hydrogens is 297 g/mol. The SMILES string of the molecule is O=C(CNCc1cccnc1)Nc1cc(Cl)ccc1Cl. The van der Waals surface area contributed by atoms with Gasteiger partial charge < -0.3 is 10.6 Å². The molecule has 0 saturated heterocycles. The Kier molecular flexibility index (Phi) is 5.35. The summed E-state index contributed by atoms with van der Waals surface area (Å²) in [6.07, 6.45) is 3.45. The number of carbonyl (C=O) groups is 1. The van der Waals surface area contributed by atoms with E-state index in [0.29, 0.717) is 22.3 Å². The highest BCUT2D eigenvalue weighted by molar-refractivity contribution is 6.35. The van der Waals surface area contributed by atoms with E-state index < -0.39 is 0 Å². The average molecular weight is 310 g/mol. The lowest BCUT2D eigenvalue weighted by atomic mass is 10.3. The molecule has 2 rings (SSSR count). The molecule has 0 atom stereocenters. The maximum Gasteiger partial charge on any atom is 0.238 e. The normalized spacial score (nSPS) is 10.3. The number of amides is 1. The Morgan fingerprint density at radius 3 is 2.85 bits per heavy atom. The van der Waals surface area contributed by atoms with Gasteiger partial charge in [-0.05, 0) is 29.8 Å². The van der Waals surface area contributed by atoms with Crippen molar-refractivity contribution in [3.05, 3.63) is 58.3 Å². The number of hydrogen-bond acceptors (Lipinski definition) is 3. The summed E-state index contributed by atoms with van der Waals surface area (Å²) in [5.41, 5.74) is 1.52. The first kappa shape index (κ1) is 14.8. The number of nitrogens with one attached hydrogen (secondary N) is 2. The topological polar surface area (TPSA) is 54.0 Å². The molecule has 1 aromatic carbocycles. The molecule has 6 heteroatoms. The molecule has 2 N–H and O–H groups in total. The largest absolute Gasteiger partial charge is 0.324 e. The van der Waals surface area contributed by atoms with Gasteiger partial charge in [0.05, 0.1) is 17.3 Å². The Morgan fingerprint density at radius 2 is 2.10 bits per heavy atom. The first-order chi connectivity index (χ1) is 9.65. The van der Waals surface area contributed by atoms with Crippen LogP contribution in [-0.4, -0.2) is 17.4 Å². The predicted molar refractivity (Wildman–Crippen MR) is 81.0 cm³/mol. The second-order valence-electron chi connectivity index (χ2n) is 4.14. The van der Waals surface area contributed by atoms with Crippen LogP contribution in [0.15, 0.2) is 42.7 Å². The second kappa shape index (κ2) is 7.24. The molecule has 0 fully saturated rings. The van der Waals surface area contributed by atoms with Crippen LogP contribution in [0, 0.1) is 0 Å². The lowest BCUT2D eigenvalue weighted by molar-refractivity contribution is -0.115. The Hall–Kier alpha value is -1.62. The average Bonchev–Trinajstić information content (AvgIpc) is 2.44. The Balaban J connectivity index is 1.82. The van der Waals surface area contributed by atoms with Crippen molar-refractivity contribution in [3.8, 4) is 0 Å². The summed E-state index contributed by atoms with van der Waals surface area (Å²) in [5.74, 6) is -0.182. The molecule has 1 aromatic heterocycles. The highest BCUT2D eigenvalue weighted by Gasteiger charge is 2.06. The molecule has 0 aliphatic rings. The highest BCUT2D eigenvalue weighted by Crippen LogP contribution is 2.25. The van der Waals surface area contributed by atoms with E-state index in [0.717, 1.165) is 5.56 Å². The first-order valence-corrected chi connectivity index (χ1v) is 6.75. The number of rotatable bonds is 5. The van der Waals surface area contributed by atoms with Crippen molar-refractivity contribution in [1.82, 2.24) is 10.3 Å². The van der Waals surface area contributed by atoms with Gasteiger partial charge in [-0.25, -0.2) is 0 Å². The fraction of sp³-hybridized carbons (Fsp3) is 0.143. The van der Waals surface area contributed by atoms with Gasteiger partial charge in [0.15, 0.2) is 0 Å². The fourth-order valence-electron chi connectivity index (χ4n) is 1.61. The maximum absolute atomic E-state index is 11.8. The molecule has 0 aliphatic heterocycles. The van der Waals surface area contributed by atoms with Crippen LogP contribution in [0.2, 0.25) is 10.0 Å². The van der Waals surface area contributed by atoms with E-state index in [-0.39, 0.29) is 12.5 Å². The Morgan fingerprint density at radius 1 is 1.25 bits per heavy atom. The summed E-state index contributed by atoms with van der Waals surface area (Å²) in [6, 6.07) is 8.71. The van der Waals surface area contributed by atoms with Crippen LogP contribution in [0.3, 0.4) is 0 Å². The monoisotopic (exact) mass is 309 g/mol. The number of aromatic nitrogens is 1. The van der Waals surface area contributed by atoms with Crippen molar-refractivity contribution in [2.24, 2.45) is 0 Å².